The van der Waals surface area contributed by atoms with Crippen molar-refractivity contribution in [2.45, 2.75) is 50.2 Å². The standard InChI is InChI=1S/C17H22ClN3O3/c1-24-15-7-6-10(8-11(15)18)19-16(22)9-14-17(23)21-13-5-3-2-4-12(13)20-14/h6-8,12-14,20H,2-5,9H2,1H3,(H,19,22)(H,21,23)/p+1/t12-,13+,14-/m1/s1. The maximum Gasteiger partial charge on any atom is 0.279 e. The first-order chi connectivity index (χ1) is 11.6. The molecule has 1 saturated heterocycles. The number of halogens is 1. The van der Waals surface area contributed by atoms with Crippen molar-refractivity contribution >= 4 is 29.1 Å². The molecule has 0 spiro atoms. The molecule has 24 heavy (non-hydrogen) atoms. The highest BCUT2D eigenvalue weighted by Gasteiger charge is 2.40. The van der Waals surface area contributed by atoms with Crippen LogP contribution in [0.15, 0.2) is 18.2 Å². The third-order valence-corrected chi connectivity index (χ3v) is 5.10. The third kappa shape index (κ3) is 3.82. The van der Waals surface area contributed by atoms with Crippen molar-refractivity contribution in [3.63, 3.8) is 0 Å². The van der Waals surface area contributed by atoms with Crippen LogP contribution in [0.1, 0.15) is 32.1 Å². The minimum atomic E-state index is -0.363. The number of ether oxygens (including phenoxy) is 1. The molecule has 4 N–H and O–H groups in total. The zero-order valence-corrected chi connectivity index (χ0v) is 14.4. The number of benzene rings is 1. The molecule has 130 valence electrons. The molecule has 0 bridgehead atoms. The molecule has 2 fully saturated rings. The molecule has 1 heterocycles. The summed E-state index contributed by atoms with van der Waals surface area (Å²) in [5, 5.41) is 8.37. The lowest BCUT2D eigenvalue weighted by Gasteiger charge is -2.37. The molecule has 0 aromatic heterocycles. The molecule has 7 heteroatoms. The number of rotatable bonds is 4. The van der Waals surface area contributed by atoms with E-state index in [2.05, 4.69) is 16.0 Å². The Morgan fingerprint density at radius 2 is 2.21 bits per heavy atom. The van der Waals surface area contributed by atoms with Gasteiger partial charge in [0.1, 0.15) is 11.8 Å². The first kappa shape index (κ1) is 17.0. The van der Waals surface area contributed by atoms with Crippen molar-refractivity contribution in [2.75, 3.05) is 12.4 Å². The summed E-state index contributed by atoms with van der Waals surface area (Å²) in [6, 6.07) is 5.35. The highest BCUT2D eigenvalue weighted by molar-refractivity contribution is 6.32. The topological polar surface area (TPSA) is 84.0 Å². The molecule has 1 aliphatic carbocycles. The first-order valence-corrected chi connectivity index (χ1v) is 8.73. The fourth-order valence-corrected chi connectivity index (χ4v) is 3.82. The maximum atomic E-state index is 12.3. The molecule has 1 aliphatic heterocycles. The zero-order valence-electron chi connectivity index (χ0n) is 13.7. The Bertz CT molecular complexity index is 638. The number of nitrogens with one attached hydrogen (secondary N) is 2. The number of methoxy groups -OCH3 is 1. The van der Waals surface area contributed by atoms with E-state index >= 15 is 0 Å². The normalized spacial score (nSPS) is 26.2. The number of hydrogen-bond donors (Lipinski definition) is 3. The van der Waals surface area contributed by atoms with E-state index in [4.69, 9.17) is 16.3 Å². The van der Waals surface area contributed by atoms with E-state index in [1.807, 2.05) is 0 Å². The number of nitrogens with two attached hydrogens (primary N) is 1. The van der Waals surface area contributed by atoms with E-state index in [1.54, 1.807) is 18.2 Å². The SMILES string of the molecule is COc1ccc(NC(=O)C[C@H]2[NH2+][C@@H]3CCCC[C@@H]3NC2=O)cc1Cl. The summed E-state index contributed by atoms with van der Waals surface area (Å²) in [4.78, 5) is 24.5. The summed E-state index contributed by atoms with van der Waals surface area (Å²) in [7, 11) is 1.54. The summed E-state index contributed by atoms with van der Waals surface area (Å²) < 4.78 is 5.09. The number of amides is 2. The Morgan fingerprint density at radius 1 is 1.42 bits per heavy atom. The fraction of sp³-hybridized carbons (Fsp3) is 0.529. The van der Waals surface area contributed by atoms with Crippen LogP contribution in [0.3, 0.4) is 0 Å². The van der Waals surface area contributed by atoms with E-state index in [-0.39, 0.29) is 30.3 Å². The zero-order chi connectivity index (χ0) is 17.1. The number of anilines is 1. The maximum absolute atomic E-state index is 12.3. The molecule has 1 aromatic rings. The van der Waals surface area contributed by atoms with Gasteiger partial charge in [-0.15, -0.1) is 0 Å². The molecule has 6 nitrogen and oxygen atoms in total. The van der Waals surface area contributed by atoms with Gasteiger partial charge in [-0.1, -0.05) is 18.0 Å². The number of fused-ring (bicyclic) bond motifs is 1. The van der Waals surface area contributed by atoms with E-state index in [1.165, 1.54) is 20.0 Å². The molecule has 2 amide bonds. The summed E-state index contributed by atoms with van der Waals surface area (Å²) in [5.74, 6) is 0.320. The molecular weight excluding hydrogens is 330 g/mol. The summed E-state index contributed by atoms with van der Waals surface area (Å²) in [6.45, 7) is 0. The Balaban J connectivity index is 1.58. The fourth-order valence-electron chi connectivity index (χ4n) is 3.56. The average Bonchev–Trinajstić information content (AvgIpc) is 2.55. The van der Waals surface area contributed by atoms with Crippen LogP contribution in [0.25, 0.3) is 0 Å². The summed E-state index contributed by atoms with van der Waals surface area (Å²) >= 11 is 6.06. The first-order valence-electron chi connectivity index (χ1n) is 8.35. The van der Waals surface area contributed by atoms with E-state index in [0.717, 1.165) is 12.8 Å². The summed E-state index contributed by atoms with van der Waals surface area (Å²) in [5.41, 5.74) is 0.595. The van der Waals surface area contributed by atoms with Gasteiger partial charge in [-0.25, -0.2) is 0 Å². The van der Waals surface area contributed by atoms with Crippen molar-refractivity contribution in [3.05, 3.63) is 23.2 Å². The van der Waals surface area contributed by atoms with Crippen molar-refractivity contribution < 1.29 is 19.6 Å². The van der Waals surface area contributed by atoms with Crippen LogP contribution in [0, 0.1) is 0 Å². The highest BCUT2D eigenvalue weighted by atomic mass is 35.5. The second kappa shape index (κ2) is 7.40. The predicted octanol–water partition coefficient (Wildman–Crippen LogP) is 1.05. The van der Waals surface area contributed by atoms with Gasteiger partial charge in [-0.05, 0) is 31.0 Å². The Morgan fingerprint density at radius 3 is 2.96 bits per heavy atom. The van der Waals surface area contributed by atoms with Gasteiger partial charge in [0, 0.05) is 12.1 Å². The Labute approximate surface area is 146 Å². The average molecular weight is 353 g/mol. The predicted molar refractivity (Wildman–Crippen MR) is 91.2 cm³/mol. The molecule has 3 atom stereocenters. The molecule has 0 radical (unpaired) electrons. The molecule has 3 rings (SSSR count). The minimum absolute atomic E-state index is 0.0407. The lowest BCUT2D eigenvalue weighted by molar-refractivity contribution is -0.718. The molecule has 1 saturated carbocycles. The van der Waals surface area contributed by atoms with Crippen LogP contribution in [-0.4, -0.2) is 37.0 Å². The van der Waals surface area contributed by atoms with Gasteiger partial charge in [-0.2, -0.15) is 0 Å². The van der Waals surface area contributed by atoms with Gasteiger partial charge in [0.2, 0.25) is 5.91 Å². The largest absolute Gasteiger partial charge is 0.495 e. The van der Waals surface area contributed by atoms with Gasteiger partial charge in [0.05, 0.1) is 24.6 Å². The van der Waals surface area contributed by atoms with Gasteiger partial charge in [0.15, 0.2) is 6.04 Å². The number of hydrogen-bond acceptors (Lipinski definition) is 3. The molecule has 2 aliphatic rings. The summed E-state index contributed by atoms with van der Waals surface area (Å²) in [6.07, 6.45) is 4.64. The Kier molecular flexibility index (Phi) is 5.26. The third-order valence-electron chi connectivity index (χ3n) is 4.80. The Hall–Kier alpha value is -1.79. The van der Waals surface area contributed by atoms with Crippen LogP contribution in [0.2, 0.25) is 5.02 Å². The van der Waals surface area contributed by atoms with Gasteiger partial charge in [-0.3, -0.25) is 9.59 Å². The lowest BCUT2D eigenvalue weighted by Crippen LogP contribution is -3.03. The number of carbonyl (C=O) groups is 2. The van der Waals surface area contributed by atoms with Crippen LogP contribution < -0.4 is 20.7 Å². The number of quaternary nitrogens is 1. The van der Waals surface area contributed by atoms with E-state index in [0.29, 0.717) is 22.5 Å². The van der Waals surface area contributed by atoms with Crippen molar-refractivity contribution in [1.29, 1.82) is 0 Å². The molecular formula is C17H23ClN3O3+. The second-order valence-electron chi connectivity index (χ2n) is 6.46. The van der Waals surface area contributed by atoms with E-state index < -0.39 is 0 Å². The van der Waals surface area contributed by atoms with Crippen molar-refractivity contribution in [2.24, 2.45) is 0 Å². The quantitative estimate of drug-likeness (QED) is 0.757. The van der Waals surface area contributed by atoms with Crippen LogP contribution >= 0.6 is 11.6 Å². The van der Waals surface area contributed by atoms with Crippen LogP contribution in [0.5, 0.6) is 5.75 Å². The van der Waals surface area contributed by atoms with E-state index in [9.17, 15) is 9.59 Å². The molecule has 0 unspecified atom stereocenters. The van der Waals surface area contributed by atoms with Gasteiger partial charge < -0.3 is 20.7 Å². The smallest absolute Gasteiger partial charge is 0.279 e. The molecule has 1 aromatic carbocycles. The lowest BCUT2D eigenvalue weighted by atomic mass is 9.87. The van der Waals surface area contributed by atoms with Gasteiger partial charge >= 0.3 is 0 Å². The van der Waals surface area contributed by atoms with Crippen LogP contribution in [0.4, 0.5) is 5.69 Å². The highest BCUT2D eigenvalue weighted by Crippen LogP contribution is 2.27. The number of carbonyl (C=O) groups excluding carboxylic acids is 2. The minimum Gasteiger partial charge on any atom is -0.495 e. The van der Waals surface area contributed by atoms with Crippen molar-refractivity contribution in [3.8, 4) is 5.75 Å². The van der Waals surface area contributed by atoms with Gasteiger partial charge in [0.25, 0.3) is 5.91 Å². The monoisotopic (exact) mass is 352 g/mol. The van der Waals surface area contributed by atoms with Crippen LogP contribution in [-0.2, 0) is 9.59 Å². The number of piperazine rings is 1. The van der Waals surface area contributed by atoms with Crippen molar-refractivity contribution in [1.82, 2.24) is 5.32 Å². The second-order valence-corrected chi connectivity index (χ2v) is 6.87.